The lowest BCUT2D eigenvalue weighted by molar-refractivity contribution is 0.0909. The lowest BCUT2D eigenvalue weighted by Crippen LogP contribution is -2.26. The summed E-state index contributed by atoms with van der Waals surface area (Å²) in [5, 5.41) is 17.7. The van der Waals surface area contributed by atoms with Crippen molar-refractivity contribution in [3.05, 3.63) is 0 Å². The molecule has 65 valence electrons. The van der Waals surface area contributed by atoms with Gasteiger partial charge < -0.3 is 10.2 Å². The van der Waals surface area contributed by atoms with Gasteiger partial charge in [-0.2, -0.15) is 12.6 Å². The zero-order valence-corrected chi connectivity index (χ0v) is 7.81. The van der Waals surface area contributed by atoms with Gasteiger partial charge in [-0.1, -0.05) is 0 Å². The summed E-state index contributed by atoms with van der Waals surface area (Å²) in [5.41, 5.74) is -0.955. The maximum absolute atomic E-state index is 9.99. The maximum atomic E-state index is 9.99. The zero-order valence-electron chi connectivity index (χ0n) is 6.10. The van der Waals surface area contributed by atoms with Crippen molar-refractivity contribution in [1.82, 2.24) is 0 Å². The Bertz CT molecular complexity index is 120. The monoisotopic (exact) mass is 195 g/mol. The molecule has 2 N–H and O–H groups in total. The minimum Gasteiger partial charge on any atom is -0.389 e. The summed E-state index contributed by atoms with van der Waals surface area (Å²) in [4.78, 5) is 9.99. The van der Waals surface area contributed by atoms with Crippen molar-refractivity contribution in [3.63, 3.8) is 0 Å². The second kappa shape index (κ2) is 5.88. The van der Waals surface area contributed by atoms with Gasteiger partial charge in [-0.3, -0.25) is 4.79 Å². The van der Waals surface area contributed by atoms with Crippen molar-refractivity contribution in [2.75, 3.05) is 5.75 Å². The van der Waals surface area contributed by atoms with Crippen molar-refractivity contribution in [1.29, 1.82) is 0 Å². The van der Waals surface area contributed by atoms with Crippen LogP contribution in [0.2, 0.25) is 0 Å². The average Bonchev–Trinajstić information content (AvgIpc) is 2.02. The molecule has 11 heavy (non-hydrogen) atoms. The molecule has 0 heterocycles. The van der Waals surface area contributed by atoms with Crippen molar-refractivity contribution in [2.24, 2.45) is 0 Å². The van der Waals surface area contributed by atoms with Crippen molar-refractivity contribution in [2.45, 2.75) is 23.7 Å². The van der Waals surface area contributed by atoms with Crippen LogP contribution in [0.3, 0.4) is 0 Å². The molecular weight excluding hydrogens is 184 g/mol. The maximum Gasteiger partial charge on any atom is 0.212 e. The Morgan fingerprint density at radius 1 is 1.64 bits per heavy atom. The number of aliphatic hydroxyl groups is 2. The van der Waals surface area contributed by atoms with Gasteiger partial charge in [0.15, 0.2) is 0 Å². The molecule has 1 radical (unpaired) electrons. The van der Waals surface area contributed by atoms with Crippen LogP contribution >= 0.6 is 24.4 Å². The molecule has 0 aromatic heterocycles. The lowest BCUT2D eigenvalue weighted by atomic mass is 10.4. The molecule has 0 aliphatic rings. The molecule has 0 saturated carbocycles. The first-order valence-electron chi connectivity index (χ1n) is 3.12. The van der Waals surface area contributed by atoms with Crippen LogP contribution in [0.1, 0.15) is 6.92 Å². The molecule has 0 spiro atoms. The van der Waals surface area contributed by atoms with E-state index in [4.69, 9.17) is 10.2 Å². The average molecular weight is 195 g/mol. The van der Waals surface area contributed by atoms with Crippen molar-refractivity contribution in [3.8, 4) is 0 Å². The summed E-state index contributed by atoms with van der Waals surface area (Å²) in [5.74, 6) is 0.180. The lowest BCUT2D eigenvalue weighted by Gasteiger charge is -2.15. The molecule has 0 aromatic rings. The number of thioether (sulfide) groups is 1. The van der Waals surface area contributed by atoms with E-state index < -0.39 is 16.8 Å². The van der Waals surface area contributed by atoms with Crippen LogP contribution in [-0.4, -0.2) is 39.0 Å². The smallest absolute Gasteiger partial charge is 0.212 e. The Morgan fingerprint density at radius 2 is 2.18 bits per heavy atom. The van der Waals surface area contributed by atoms with E-state index in [0.29, 0.717) is 0 Å². The summed E-state index contributed by atoms with van der Waals surface area (Å²) >= 11 is 4.75. The topological polar surface area (TPSA) is 57.5 Å². The van der Waals surface area contributed by atoms with Gasteiger partial charge in [-0.25, -0.2) is 0 Å². The molecule has 0 saturated heterocycles. The molecule has 3 unspecified atom stereocenters. The van der Waals surface area contributed by atoms with Gasteiger partial charge in [0, 0.05) is 5.75 Å². The van der Waals surface area contributed by atoms with Gasteiger partial charge in [0.05, 0.1) is 11.4 Å². The molecule has 0 aromatic carbocycles. The highest BCUT2D eigenvalue weighted by molar-refractivity contribution is 8.01. The third kappa shape index (κ3) is 4.68. The van der Waals surface area contributed by atoms with Gasteiger partial charge in [0.2, 0.25) is 6.29 Å². The summed E-state index contributed by atoms with van der Waals surface area (Å²) in [6, 6.07) is 0. The number of hydrogen-bond acceptors (Lipinski definition) is 5. The molecule has 0 aliphatic carbocycles. The third-order valence-electron chi connectivity index (χ3n) is 1.03. The first-order valence-corrected chi connectivity index (χ1v) is 4.69. The van der Waals surface area contributed by atoms with E-state index in [1.54, 1.807) is 13.2 Å². The number of aliphatic hydroxyl groups excluding tert-OH is 2. The SMILES string of the molecule is CC([C]=O)SC(O)C(O)CS. The van der Waals surface area contributed by atoms with E-state index in [0.717, 1.165) is 11.8 Å². The molecular formula is C6H11O3S2. The normalized spacial score (nSPS) is 18.9. The number of carbonyl (C=O) groups excluding carboxylic acids is 1. The zero-order chi connectivity index (χ0) is 8.85. The Balaban J connectivity index is 3.66. The molecule has 3 nitrogen and oxygen atoms in total. The second-order valence-electron chi connectivity index (χ2n) is 2.04. The van der Waals surface area contributed by atoms with Crippen LogP contribution in [0.25, 0.3) is 0 Å². The highest BCUT2D eigenvalue weighted by Crippen LogP contribution is 2.17. The molecule has 0 fully saturated rings. The van der Waals surface area contributed by atoms with Crippen LogP contribution in [0.4, 0.5) is 0 Å². The standard InChI is InChI=1S/C6H11O3S2/c1-4(2-7)11-6(9)5(8)3-10/h4-6,8-10H,3H2,1H3. The number of hydrogen-bond donors (Lipinski definition) is 3. The van der Waals surface area contributed by atoms with Crippen molar-refractivity contribution >= 4 is 30.7 Å². The minimum atomic E-state index is -0.955. The predicted octanol–water partition coefficient (Wildman–Crippen LogP) is -0.173. The fourth-order valence-electron chi connectivity index (χ4n) is 0.418. The minimum absolute atomic E-state index is 0.180. The van der Waals surface area contributed by atoms with Crippen LogP contribution in [-0.2, 0) is 4.79 Å². The van der Waals surface area contributed by atoms with E-state index in [2.05, 4.69) is 12.6 Å². The number of thiol groups is 1. The van der Waals surface area contributed by atoms with Crippen LogP contribution in [0.5, 0.6) is 0 Å². The van der Waals surface area contributed by atoms with Gasteiger partial charge >= 0.3 is 0 Å². The van der Waals surface area contributed by atoms with Gasteiger partial charge in [0.1, 0.15) is 5.44 Å². The highest BCUT2D eigenvalue weighted by Gasteiger charge is 2.17. The van der Waals surface area contributed by atoms with Crippen molar-refractivity contribution < 1.29 is 15.0 Å². The highest BCUT2D eigenvalue weighted by atomic mass is 32.2. The molecule has 3 atom stereocenters. The Kier molecular flexibility index (Phi) is 6.03. The van der Waals surface area contributed by atoms with E-state index in [1.807, 2.05) is 0 Å². The predicted molar refractivity (Wildman–Crippen MR) is 48.6 cm³/mol. The fraction of sp³-hybridized carbons (Fsp3) is 0.833. The molecule has 5 heteroatoms. The van der Waals surface area contributed by atoms with Crippen LogP contribution in [0.15, 0.2) is 0 Å². The Morgan fingerprint density at radius 3 is 2.55 bits per heavy atom. The third-order valence-corrected chi connectivity index (χ3v) is 2.50. The van der Waals surface area contributed by atoms with Gasteiger partial charge in [0.25, 0.3) is 0 Å². The Hall–Kier alpha value is 0.290. The fourth-order valence-corrected chi connectivity index (χ4v) is 1.51. The molecule has 0 amide bonds. The first kappa shape index (κ1) is 11.3. The molecule has 0 rings (SSSR count). The van der Waals surface area contributed by atoms with E-state index >= 15 is 0 Å². The van der Waals surface area contributed by atoms with Crippen LogP contribution in [0, 0.1) is 0 Å². The molecule has 0 bridgehead atoms. The summed E-state index contributed by atoms with van der Waals surface area (Å²) in [7, 11) is 0. The summed E-state index contributed by atoms with van der Waals surface area (Å²) < 4.78 is 0. The van der Waals surface area contributed by atoms with E-state index in [1.165, 1.54) is 0 Å². The summed E-state index contributed by atoms with van der Waals surface area (Å²) in [6.07, 6.45) is 0.802. The van der Waals surface area contributed by atoms with Gasteiger partial charge in [-0.15, -0.1) is 11.8 Å². The Labute approximate surface area is 75.6 Å². The van der Waals surface area contributed by atoms with Gasteiger partial charge in [-0.05, 0) is 6.92 Å². The van der Waals surface area contributed by atoms with E-state index in [-0.39, 0.29) is 5.75 Å². The molecule has 0 aliphatic heterocycles. The second-order valence-corrected chi connectivity index (χ2v) is 3.86. The summed E-state index contributed by atoms with van der Waals surface area (Å²) in [6.45, 7) is 1.60. The quantitative estimate of drug-likeness (QED) is 0.421. The number of rotatable bonds is 5. The van der Waals surface area contributed by atoms with E-state index in [9.17, 15) is 4.79 Å². The van der Waals surface area contributed by atoms with Crippen LogP contribution < -0.4 is 0 Å². The first-order chi connectivity index (χ1) is 5.11. The largest absolute Gasteiger partial charge is 0.389 e.